The molecule has 0 aliphatic carbocycles. The Morgan fingerprint density at radius 2 is 1.74 bits per heavy atom. The van der Waals surface area contributed by atoms with Crippen molar-refractivity contribution in [3.63, 3.8) is 0 Å². The average Bonchev–Trinajstić information content (AvgIpc) is 3.20. The maximum absolute atomic E-state index is 13.5. The number of likely N-dealkylation sites (tertiary alicyclic amines) is 1. The molecule has 2 aliphatic heterocycles. The lowest BCUT2D eigenvalue weighted by Crippen LogP contribution is -2.47. The van der Waals surface area contributed by atoms with Gasteiger partial charge in [-0.15, -0.1) is 0 Å². The number of amides is 3. The fourth-order valence-corrected chi connectivity index (χ4v) is 4.85. The van der Waals surface area contributed by atoms with Gasteiger partial charge in [-0.25, -0.2) is 4.79 Å². The van der Waals surface area contributed by atoms with Crippen LogP contribution in [0.25, 0.3) is 5.57 Å². The Morgan fingerprint density at radius 1 is 1.06 bits per heavy atom. The highest BCUT2D eigenvalue weighted by Crippen LogP contribution is 2.44. The molecular formula is C26H31N5O4. The highest BCUT2D eigenvalue weighted by Gasteiger charge is 2.49. The van der Waals surface area contributed by atoms with Crippen LogP contribution in [0.5, 0.6) is 11.5 Å². The van der Waals surface area contributed by atoms with Crippen molar-refractivity contribution in [2.75, 3.05) is 44.1 Å². The van der Waals surface area contributed by atoms with Crippen molar-refractivity contribution in [2.45, 2.75) is 19.3 Å². The van der Waals surface area contributed by atoms with Crippen molar-refractivity contribution in [2.24, 2.45) is 11.1 Å². The van der Waals surface area contributed by atoms with E-state index in [1.807, 2.05) is 18.2 Å². The Balaban J connectivity index is 1.41. The molecule has 0 atom stereocenters. The second-order valence-electron chi connectivity index (χ2n) is 8.78. The summed E-state index contributed by atoms with van der Waals surface area (Å²) >= 11 is 0. The Hall–Kier alpha value is -4.01. The van der Waals surface area contributed by atoms with E-state index in [0.717, 1.165) is 17.9 Å². The summed E-state index contributed by atoms with van der Waals surface area (Å²) in [5.74, 6) is 1.37. The lowest BCUT2D eigenvalue weighted by molar-refractivity contribution is -0.127. The van der Waals surface area contributed by atoms with Crippen LogP contribution in [0.4, 0.5) is 16.2 Å². The minimum absolute atomic E-state index is 0.0872. The van der Waals surface area contributed by atoms with E-state index < -0.39 is 5.41 Å². The number of anilines is 2. The number of nitrogens with two attached hydrogens (primary N) is 1. The van der Waals surface area contributed by atoms with E-state index in [1.165, 1.54) is 12.4 Å². The van der Waals surface area contributed by atoms with Crippen LogP contribution in [0, 0.1) is 10.8 Å². The molecule has 4 N–H and O–H groups in total. The SMILES string of the molecule is COc1ccc(NC(=O)N2CCC3(CC2)CCN(c2ccc(/C(C=N)=C/N)c(OC)c2)C3=O)cc1. The molecule has 1 spiro atoms. The molecule has 0 radical (unpaired) electrons. The monoisotopic (exact) mass is 477 g/mol. The highest BCUT2D eigenvalue weighted by atomic mass is 16.5. The smallest absolute Gasteiger partial charge is 0.321 e. The van der Waals surface area contributed by atoms with E-state index in [2.05, 4.69) is 5.32 Å². The van der Waals surface area contributed by atoms with Crippen molar-refractivity contribution in [3.8, 4) is 11.5 Å². The van der Waals surface area contributed by atoms with Crippen molar-refractivity contribution in [1.82, 2.24) is 4.90 Å². The van der Waals surface area contributed by atoms with Gasteiger partial charge in [0.15, 0.2) is 0 Å². The average molecular weight is 478 g/mol. The molecule has 9 heteroatoms. The van der Waals surface area contributed by atoms with E-state index in [9.17, 15) is 9.59 Å². The van der Waals surface area contributed by atoms with Crippen LogP contribution in [0.15, 0.2) is 48.7 Å². The quantitative estimate of drug-likeness (QED) is 0.548. The molecule has 4 rings (SSSR count). The van der Waals surface area contributed by atoms with Crippen LogP contribution in [0.3, 0.4) is 0 Å². The van der Waals surface area contributed by atoms with Gasteiger partial charge in [-0.1, -0.05) is 0 Å². The van der Waals surface area contributed by atoms with Gasteiger partial charge >= 0.3 is 6.03 Å². The van der Waals surface area contributed by atoms with Gasteiger partial charge in [-0.05, 0) is 55.7 Å². The van der Waals surface area contributed by atoms with Crippen LogP contribution in [0.2, 0.25) is 0 Å². The summed E-state index contributed by atoms with van der Waals surface area (Å²) in [6.07, 6.45) is 4.53. The summed E-state index contributed by atoms with van der Waals surface area (Å²) in [5.41, 5.74) is 7.87. The Kier molecular flexibility index (Phi) is 6.95. The first-order valence-electron chi connectivity index (χ1n) is 11.6. The minimum atomic E-state index is -0.458. The van der Waals surface area contributed by atoms with Gasteiger partial charge in [-0.2, -0.15) is 0 Å². The molecule has 3 amide bonds. The van der Waals surface area contributed by atoms with E-state index >= 15 is 0 Å². The third-order valence-electron chi connectivity index (χ3n) is 7.00. The zero-order valence-corrected chi connectivity index (χ0v) is 20.0. The second kappa shape index (κ2) is 10.1. The molecule has 0 aromatic heterocycles. The third-order valence-corrected chi connectivity index (χ3v) is 7.00. The van der Waals surface area contributed by atoms with Crippen molar-refractivity contribution in [3.05, 3.63) is 54.2 Å². The number of piperidine rings is 1. The molecule has 2 aliphatic rings. The molecule has 9 nitrogen and oxygen atoms in total. The molecule has 0 unspecified atom stereocenters. The summed E-state index contributed by atoms with van der Waals surface area (Å²) in [7, 11) is 3.15. The number of benzene rings is 2. The number of hydrogen-bond acceptors (Lipinski definition) is 6. The van der Waals surface area contributed by atoms with Crippen molar-refractivity contribution in [1.29, 1.82) is 5.41 Å². The number of urea groups is 1. The number of rotatable bonds is 6. The lowest BCUT2D eigenvalue weighted by atomic mass is 9.77. The summed E-state index contributed by atoms with van der Waals surface area (Å²) < 4.78 is 10.7. The number of hydrogen-bond donors (Lipinski definition) is 3. The van der Waals surface area contributed by atoms with Gasteiger partial charge < -0.3 is 35.7 Å². The summed E-state index contributed by atoms with van der Waals surface area (Å²) in [4.78, 5) is 29.8. The van der Waals surface area contributed by atoms with Crippen LogP contribution in [0.1, 0.15) is 24.8 Å². The summed E-state index contributed by atoms with van der Waals surface area (Å²) in [5, 5.41) is 10.5. The normalized spacial score (nSPS) is 17.4. The third kappa shape index (κ3) is 4.66. The number of carbonyl (C=O) groups is 2. The first-order chi connectivity index (χ1) is 16.9. The van der Waals surface area contributed by atoms with Gasteiger partial charge in [0.25, 0.3) is 0 Å². The molecule has 2 saturated heterocycles. The topological polar surface area (TPSA) is 121 Å². The van der Waals surface area contributed by atoms with E-state index in [-0.39, 0.29) is 11.9 Å². The highest BCUT2D eigenvalue weighted by molar-refractivity contribution is 6.09. The number of nitrogens with one attached hydrogen (secondary N) is 2. The summed E-state index contributed by atoms with van der Waals surface area (Å²) in [6.45, 7) is 1.66. The molecule has 2 aromatic carbocycles. The predicted molar refractivity (Wildman–Crippen MR) is 136 cm³/mol. The van der Waals surface area contributed by atoms with Gasteiger partial charge in [0.05, 0.1) is 19.6 Å². The first-order valence-corrected chi connectivity index (χ1v) is 11.6. The molecular weight excluding hydrogens is 446 g/mol. The Bertz CT molecular complexity index is 1140. The fourth-order valence-electron chi connectivity index (χ4n) is 4.85. The number of nitrogens with zero attached hydrogens (tertiary/aromatic N) is 2. The van der Waals surface area contributed by atoms with Gasteiger partial charge in [0.2, 0.25) is 5.91 Å². The molecule has 2 fully saturated rings. The predicted octanol–water partition coefficient (Wildman–Crippen LogP) is 3.70. The molecule has 2 heterocycles. The first kappa shape index (κ1) is 24.1. The Labute approximate surface area is 205 Å². The standard InChI is InChI=1S/C26H31N5O4/c1-34-21-6-3-19(4-7-21)29-25(33)30-12-9-26(10-13-30)11-14-31(24(26)32)20-5-8-22(18(16-27)17-28)23(15-20)35-2/h3-8,15-17,27H,9-14,28H2,1-2H3,(H,29,33)/b18-17+,27-16?. The van der Waals surface area contributed by atoms with E-state index in [4.69, 9.17) is 20.6 Å². The van der Waals surface area contributed by atoms with Crippen LogP contribution in [-0.4, -0.2) is 56.9 Å². The van der Waals surface area contributed by atoms with Gasteiger partial charge in [0, 0.05) is 60.6 Å². The van der Waals surface area contributed by atoms with E-state index in [0.29, 0.717) is 55.0 Å². The number of ether oxygens (including phenoxy) is 2. The second-order valence-corrected chi connectivity index (χ2v) is 8.78. The fraction of sp³-hybridized carbons (Fsp3) is 0.346. The number of carbonyl (C=O) groups excluding carboxylic acids is 2. The van der Waals surface area contributed by atoms with Gasteiger partial charge in [0.1, 0.15) is 11.5 Å². The maximum Gasteiger partial charge on any atom is 0.321 e. The van der Waals surface area contributed by atoms with Crippen molar-refractivity contribution < 1.29 is 19.1 Å². The lowest BCUT2D eigenvalue weighted by Gasteiger charge is -2.37. The zero-order valence-electron chi connectivity index (χ0n) is 20.0. The van der Waals surface area contributed by atoms with Crippen molar-refractivity contribution >= 4 is 35.1 Å². The largest absolute Gasteiger partial charge is 0.497 e. The minimum Gasteiger partial charge on any atom is -0.497 e. The summed E-state index contributed by atoms with van der Waals surface area (Å²) in [6, 6.07) is 12.5. The maximum atomic E-state index is 13.5. The zero-order chi connectivity index (χ0) is 25.0. The molecule has 0 saturated carbocycles. The molecule has 184 valence electrons. The number of methoxy groups -OCH3 is 2. The number of allylic oxidation sites excluding steroid dienone is 1. The molecule has 35 heavy (non-hydrogen) atoms. The van der Waals surface area contributed by atoms with Crippen LogP contribution < -0.4 is 25.4 Å². The van der Waals surface area contributed by atoms with Crippen LogP contribution >= 0.6 is 0 Å². The van der Waals surface area contributed by atoms with E-state index in [1.54, 1.807) is 48.3 Å². The van der Waals surface area contributed by atoms with Gasteiger partial charge in [-0.3, -0.25) is 4.79 Å². The molecule has 2 aromatic rings. The molecule has 0 bridgehead atoms. The Morgan fingerprint density at radius 3 is 2.34 bits per heavy atom. The van der Waals surface area contributed by atoms with Crippen LogP contribution in [-0.2, 0) is 4.79 Å².